The first kappa shape index (κ1) is 12.3. The molecular formula is C14H17FN2O2. The molecule has 0 radical (unpaired) electrons. The van der Waals surface area contributed by atoms with Crippen LogP contribution in [0.4, 0.5) is 15.8 Å². The van der Waals surface area contributed by atoms with Gasteiger partial charge in [-0.3, -0.25) is 0 Å². The van der Waals surface area contributed by atoms with E-state index in [1.807, 2.05) is 0 Å². The van der Waals surface area contributed by atoms with Crippen LogP contribution in [0.3, 0.4) is 0 Å². The zero-order chi connectivity index (χ0) is 13.6. The average molecular weight is 264 g/mol. The summed E-state index contributed by atoms with van der Waals surface area (Å²) >= 11 is 0. The van der Waals surface area contributed by atoms with Crippen LogP contribution in [0, 0.1) is 17.7 Å². The van der Waals surface area contributed by atoms with E-state index in [2.05, 4.69) is 5.32 Å². The highest BCUT2D eigenvalue weighted by molar-refractivity contribution is 6.00. The van der Waals surface area contributed by atoms with Gasteiger partial charge in [-0.2, -0.15) is 0 Å². The Morgan fingerprint density at radius 3 is 2.37 bits per heavy atom. The summed E-state index contributed by atoms with van der Waals surface area (Å²) in [6, 6.07) is 3.01. The van der Waals surface area contributed by atoms with Crippen LogP contribution in [0.15, 0.2) is 12.1 Å². The fourth-order valence-corrected chi connectivity index (χ4v) is 2.66. The minimum absolute atomic E-state index is 0.147. The van der Waals surface area contributed by atoms with Crippen molar-refractivity contribution in [1.29, 1.82) is 0 Å². The van der Waals surface area contributed by atoms with Crippen molar-refractivity contribution in [2.75, 3.05) is 11.1 Å². The van der Waals surface area contributed by atoms with Crippen LogP contribution in [0.25, 0.3) is 0 Å². The number of halogens is 1. The van der Waals surface area contributed by atoms with Crippen LogP contribution in [-0.2, 0) is 0 Å². The van der Waals surface area contributed by atoms with E-state index in [1.54, 1.807) is 0 Å². The molecule has 0 unspecified atom stereocenters. The Balaban J connectivity index is 1.90. The Bertz CT molecular complexity index is 512. The number of hydrogen-bond acceptors (Lipinski definition) is 3. The summed E-state index contributed by atoms with van der Waals surface area (Å²) in [5.74, 6) is -0.622. The van der Waals surface area contributed by atoms with E-state index in [4.69, 9.17) is 5.73 Å². The van der Waals surface area contributed by atoms with Gasteiger partial charge in [-0.15, -0.1) is 0 Å². The molecule has 0 bridgehead atoms. The first-order valence-corrected chi connectivity index (χ1v) is 6.65. The topological polar surface area (TPSA) is 75.3 Å². The van der Waals surface area contributed by atoms with E-state index in [9.17, 15) is 14.3 Å². The Kier molecular flexibility index (Phi) is 2.84. The maximum absolute atomic E-state index is 13.4. The number of carboxylic acids is 1. The van der Waals surface area contributed by atoms with E-state index >= 15 is 0 Å². The Labute approximate surface area is 110 Å². The monoisotopic (exact) mass is 264 g/mol. The maximum Gasteiger partial charge on any atom is 0.340 e. The van der Waals surface area contributed by atoms with Gasteiger partial charge in [0.25, 0.3) is 0 Å². The van der Waals surface area contributed by atoms with Crippen LogP contribution >= 0.6 is 0 Å². The second-order valence-corrected chi connectivity index (χ2v) is 5.53. The summed E-state index contributed by atoms with van der Waals surface area (Å²) in [5.41, 5.74) is 5.55. The molecule has 0 saturated heterocycles. The van der Waals surface area contributed by atoms with Crippen molar-refractivity contribution in [3.63, 3.8) is 0 Å². The molecule has 1 aromatic carbocycles. The Morgan fingerprint density at radius 2 is 1.89 bits per heavy atom. The molecule has 0 atom stereocenters. The molecular weight excluding hydrogens is 247 g/mol. The van der Waals surface area contributed by atoms with E-state index in [1.165, 1.54) is 37.8 Å². The smallest absolute Gasteiger partial charge is 0.340 e. The van der Waals surface area contributed by atoms with Gasteiger partial charge in [-0.1, -0.05) is 0 Å². The lowest BCUT2D eigenvalue weighted by Gasteiger charge is -2.21. The highest BCUT2D eigenvalue weighted by Crippen LogP contribution is 2.46. The number of nitrogens with two attached hydrogens (primary N) is 1. The normalized spacial score (nSPS) is 18.6. The molecule has 1 aromatic rings. The second-order valence-electron chi connectivity index (χ2n) is 5.53. The summed E-state index contributed by atoms with van der Waals surface area (Å²) in [5, 5.41) is 12.5. The third kappa shape index (κ3) is 2.37. The van der Waals surface area contributed by atoms with Gasteiger partial charge in [0.05, 0.1) is 11.4 Å². The molecule has 4 N–H and O–H groups in total. The zero-order valence-corrected chi connectivity index (χ0v) is 10.5. The molecule has 5 heteroatoms. The summed E-state index contributed by atoms with van der Waals surface area (Å²) < 4.78 is 13.4. The number of nitrogens with one attached hydrogen (secondary N) is 1. The molecule has 0 spiro atoms. The number of anilines is 2. The SMILES string of the molecule is Nc1c(F)ccc(NC(C2CC2)C2CC2)c1C(=O)O. The van der Waals surface area contributed by atoms with Gasteiger partial charge in [0.1, 0.15) is 11.4 Å². The molecule has 4 nitrogen and oxygen atoms in total. The average Bonchev–Trinajstić information content (AvgIpc) is 3.23. The number of hydrogen-bond donors (Lipinski definition) is 3. The van der Waals surface area contributed by atoms with Crippen molar-refractivity contribution in [2.45, 2.75) is 31.7 Å². The van der Waals surface area contributed by atoms with Crippen LogP contribution in [0.1, 0.15) is 36.0 Å². The minimum Gasteiger partial charge on any atom is -0.478 e. The summed E-state index contributed by atoms with van der Waals surface area (Å²) in [6.45, 7) is 0. The van der Waals surface area contributed by atoms with Crippen molar-refractivity contribution >= 4 is 17.3 Å². The Morgan fingerprint density at radius 1 is 1.32 bits per heavy atom. The number of rotatable bonds is 5. The van der Waals surface area contributed by atoms with Gasteiger partial charge in [-0.05, 0) is 49.7 Å². The molecule has 19 heavy (non-hydrogen) atoms. The lowest BCUT2D eigenvalue weighted by Crippen LogP contribution is -2.26. The molecule has 3 rings (SSSR count). The van der Waals surface area contributed by atoms with Gasteiger partial charge in [0, 0.05) is 6.04 Å². The molecule has 2 saturated carbocycles. The number of aromatic carboxylic acids is 1. The molecule has 0 aliphatic heterocycles. The van der Waals surface area contributed by atoms with Crippen LogP contribution in [-0.4, -0.2) is 17.1 Å². The third-order valence-electron chi connectivity index (χ3n) is 3.99. The number of carboxylic acid groups (broad SMARTS) is 1. The van der Waals surface area contributed by atoms with Gasteiger partial charge in [-0.25, -0.2) is 9.18 Å². The Hall–Kier alpha value is -1.78. The van der Waals surface area contributed by atoms with Crippen molar-refractivity contribution in [3.8, 4) is 0 Å². The second kappa shape index (κ2) is 4.40. The fraction of sp³-hybridized carbons (Fsp3) is 0.500. The van der Waals surface area contributed by atoms with Gasteiger partial charge >= 0.3 is 5.97 Å². The van der Waals surface area contributed by atoms with Crippen LogP contribution in [0.5, 0.6) is 0 Å². The number of carbonyl (C=O) groups is 1. The van der Waals surface area contributed by atoms with E-state index in [0.29, 0.717) is 23.6 Å². The number of benzene rings is 1. The zero-order valence-electron chi connectivity index (χ0n) is 10.5. The summed E-state index contributed by atoms with van der Waals surface area (Å²) in [6.07, 6.45) is 4.75. The summed E-state index contributed by atoms with van der Waals surface area (Å²) in [4.78, 5) is 11.3. The van der Waals surface area contributed by atoms with Gasteiger partial charge in [0.15, 0.2) is 0 Å². The molecule has 2 fully saturated rings. The highest BCUT2D eigenvalue weighted by atomic mass is 19.1. The predicted molar refractivity (Wildman–Crippen MR) is 70.6 cm³/mol. The molecule has 0 heterocycles. The van der Waals surface area contributed by atoms with Crippen molar-refractivity contribution in [1.82, 2.24) is 0 Å². The quantitative estimate of drug-likeness (QED) is 0.715. The largest absolute Gasteiger partial charge is 0.478 e. The molecule has 0 amide bonds. The van der Waals surface area contributed by atoms with Gasteiger partial charge < -0.3 is 16.2 Å². The minimum atomic E-state index is -1.19. The van der Waals surface area contributed by atoms with E-state index < -0.39 is 11.8 Å². The maximum atomic E-state index is 13.4. The number of nitrogen functional groups attached to an aromatic ring is 1. The molecule has 2 aliphatic rings. The van der Waals surface area contributed by atoms with E-state index in [0.717, 1.165) is 0 Å². The van der Waals surface area contributed by atoms with Crippen molar-refractivity contribution in [2.24, 2.45) is 11.8 Å². The predicted octanol–water partition coefficient (Wildman–Crippen LogP) is 2.71. The van der Waals surface area contributed by atoms with Gasteiger partial charge in [0.2, 0.25) is 0 Å². The standard InChI is InChI=1S/C14H17FN2O2/c15-9-5-6-10(11(12(9)16)14(18)19)17-13(7-1-2-7)8-3-4-8/h5-8,13,17H,1-4,16H2,(H,18,19). The lowest BCUT2D eigenvalue weighted by atomic mass is 10.0. The third-order valence-corrected chi connectivity index (χ3v) is 3.99. The molecule has 0 aromatic heterocycles. The highest BCUT2D eigenvalue weighted by Gasteiger charge is 2.41. The van der Waals surface area contributed by atoms with Crippen LogP contribution in [0.2, 0.25) is 0 Å². The lowest BCUT2D eigenvalue weighted by molar-refractivity contribution is 0.0698. The molecule has 2 aliphatic carbocycles. The fourth-order valence-electron chi connectivity index (χ4n) is 2.66. The summed E-state index contributed by atoms with van der Waals surface area (Å²) in [7, 11) is 0. The van der Waals surface area contributed by atoms with Crippen molar-refractivity contribution < 1.29 is 14.3 Å². The van der Waals surface area contributed by atoms with E-state index in [-0.39, 0.29) is 11.3 Å². The first-order valence-electron chi connectivity index (χ1n) is 6.65. The molecule has 102 valence electrons. The van der Waals surface area contributed by atoms with Crippen LogP contribution < -0.4 is 11.1 Å². The first-order chi connectivity index (χ1) is 9.08. The van der Waals surface area contributed by atoms with Crippen molar-refractivity contribution in [3.05, 3.63) is 23.5 Å².